The first-order chi connectivity index (χ1) is 4.68. The van der Waals surface area contributed by atoms with Crippen LogP contribution in [0.1, 0.15) is 6.42 Å². The lowest BCUT2D eigenvalue weighted by molar-refractivity contribution is -0.147. The number of hydrogen-bond donors (Lipinski definition) is 2. The minimum atomic E-state index is -0.729. The zero-order valence-electron chi connectivity index (χ0n) is 5.41. The molecule has 2 rings (SSSR count). The molecule has 2 aliphatic rings. The van der Waals surface area contributed by atoms with Gasteiger partial charge < -0.3 is 15.6 Å². The Kier molecular flexibility index (Phi) is 0.928. The molecule has 3 N–H and O–H groups in total. The van der Waals surface area contributed by atoms with E-state index in [1.54, 1.807) is 0 Å². The van der Waals surface area contributed by atoms with Crippen molar-refractivity contribution >= 4 is 5.97 Å². The van der Waals surface area contributed by atoms with Gasteiger partial charge in [-0.3, -0.25) is 4.79 Å². The molecule has 3 atom stereocenters. The number of aliphatic hydroxyl groups is 1. The van der Waals surface area contributed by atoms with E-state index in [-0.39, 0.29) is 24.6 Å². The fourth-order valence-corrected chi connectivity index (χ4v) is 1.50. The molecule has 0 spiro atoms. The van der Waals surface area contributed by atoms with Gasteiger partial charge in [0.2, 0.25) is 0 Å². The van der Waals surface area contributed by atoms with E-state index in [9.17, 15) is 4.79 Å². The summed E-state index contributed by atoms with van der Waals surface area (Å²) in [6, 6.07) is 0. The molecule has 1 heterocycles. The van der Waals surface area contributed by atoms with Gasteiger partial charge in [0.1, 0.15) is 11.6 Å². The van der Waals surface area contributed by atoms with Crippen LogP contribution < -0.4 is 5.73 Å². The van der Waals surface area contributed by atoms with Crippen LogP contribution in [0.15, 0.2) is 0 Å². The first-order valence-electron chi connectivity index (χ1n) is 3.29. The highest BCUT2D eigenvalue weighted by Crippen LogP contribution is 2.50. The van der Waals surface area contributed by atoms with E-state index in [0.717, 1.165) is 0 Å². The maximum absolute atomic E-state index is 10.8. The number of aliphatic hydroxyl groups excluding tert-OH is 1. The standard InChI is InChI=1S/C6H9NO3/c7-6-1-3(6)4(2-8)10-5(6)9/h3-4,8H,1-2,7H2. The molecule has 0 aromatic heterocycles. The van der Waals surface area contributed by atoms with Gasteiger partial charge in [-0.15, -0.1) is 0 Å². The molecule has 4 heteroatoms. The Morgan fingerprint density at radius 2 is 2.60 bits per heavy atom. The normalized spacial score (nSPS) is 50.4. The highest BCUT2D eigenvalue weighted by atomic mass is 16.6. The largest absolute Gasteiger partial charge is 0.458 e. The quantitative estimate of drug-likeness (QED) is 0.444. The SMILES string of the molecule is NC12CC1C(CO)OC2=O. The van der Waals surface area contributed by atoms with Gasteiger partial charge in [-0.1, -0.05) is 0 Å². The predicted molar refractivity (Wildman–Crippen MR) is 32.0 cm³/mol. The average molecular weight is 143 g/mol. The van der Waals surface area contributed by atoms with Crippen molar-refractivity contribution in [3.8, 4) is 0 Å². The van der Waals surface area contributed by atoms with Gasteiger partial charge in [-0.05, 0) is 6.42 Å². The summed E-state index contributed by atoms with van der Waals surface area (Å²) in [4.78, 5) is 10.8. The van der Waals surface area contributed by atoms with Gasteiger partial charge >= 0.3 is 5.97 Å². The third-order valence-corrected chi connectivity index (χ3v) is 2.33. The summed E-state index contributed by atoms with van der Waals surface area (Å²) in [5.74, 6) is -0.276. The third kappa shape index (κ3) is 0.507. The van der Waals surface area contributed by atoms with Crippen molar-refractivity contribution in [3.63, 3.8) is 0 Å². The van der Waals surface area contributed by atoms with E-state index < -0.39 is 5.54 Å². The molecular formula is C6H9NO3. The molecule has 0 aromatic carbocycles. The molecule has 2 fully saturated rings. The molecule has 1 saturated heterocycles. The van der Waals surface area contributed by atoms with Crippen LogP contribution in [0.2, 0.25) is 0 Å². The van der Waals surface area contributed by atoms with E-state index in [4.69, 9.17) is 15.6 Å². The molecule has 10 heavy (non-hydrogen) atoms. The minimum Gasteiger partial charge on any atom is -0.458 e. The first kappa shape index (κ1) is 6.12. The summed E-state index contributed by atoms with van der Waals surface area (Å²) in [5.41, 5.74) is 4.85. The Bertz CT molecular complexity index is 193. The van der Waals surface area contributed by atoms with Crippen molar-refractivity contribution in [1.82, 2.24) is 0 Å². The zero-order valence-corrected chi connectivity index (χ0v) is 5.41. The van der Waals surface area contributed by atoms with E-state index >= 15 is 0 Å². The second-order valence-electron chi connectivity index (χ2n) is 2.98. The molecule has 0 radical (unpaired) electrons. The van der Waals surface area contributed by atoms with Crippen molar-refractivity contribution < 1.29 is 14.6 Å². The summed E-state index contributed by atoms with van der Waals surface area (Å²) >= 11 is 0. The molecule has 0 amide bonds. The van der Waals surface area contributed by atoms with Gasteiger partial charge in [-0.2, -0.15) is 0 Å². The van der Waals surface area contributed by atoms with Crippen LogP contribution in [0.3, 0.4) is 0 Å². The number of esters is 1. The molecule has 3 unspecified atom stereocenters. The van der Waals surface area contributed by atoms with Crippen LogP contribution in [0.25, 0.3) is 0 Å². The fraction of sp³-hybridized carbons (Fsp3) is 0.833. The van der Waals surface area contributed by atoms with Gasteiger partial charge in [0.15, 0.2) is 0 Å². The number of rotatable bonds is 1. The smallest absolute Gasteiger partial charge is 0.326 e. The van der Waals surface area contributed by atoms with E-state index in [2.05, 4.69) is 0 Å². The van der Waals surface area contributed by atoms with Crippen LogP contribution in [0.5, 0.6) is 0 Å². The Hall–Kier alpha value is -0.610. The predicted octanol–water partition coefficient (Wildman–Crippen LogP) is -1.38. The van der Waals surface area contributed by atoms with E-state index in [1.165, 1.54) is 0 Å². The third-order valence-electron chi connectivity index (χ3n) is 2.33. The Morgan fingerprint density at radius 3 is 2.80 bits per heavy atom. The summed E-state index contributed by atoms with van der Waals surface area (Å²) in [6.45, 7) is -0.102. The van der Waals surface area contributed by atoms with E-state index in [0.29, 0.717) is 6.42 Å². The van der Waals surface area contributed by atoms with Gasteiger partial charge in [0, 0.05) is 5.92 Å². The van der Waals surface area contributed by atoms with Gasteiger partial charge in [0.25, 0.3) is 0 Å². The molecule has 0 aromatic rings. The van der Waals surface area contributed by atoms with Crippen molar-refractivity contribution in [3.05, 3.63) is 0 Å². The Labute approximate surface area is 58.0 Å². The number of nitrogens with two attached hydrogens (primary N) is 1. The molecule has 1 saturated carbocycles. The Balaban J connectivity index is 2.17. The molecule has 4 nitrogen and oxygen atoms in total. The van der Waals surface area contributed by atoms with Crippen LogP contribution >= 0.6 is 0 Å². The number of fused-ring (bicyclic) bond motifs is 1. The van der Waals surface area contributed by atoms with Crippen molar-refractivity contribution in [2.24, 2.45) is 11.7 Å². The maximum atomic E-state index is 10.8. The fourth-order valence-electron chi connectivity index (χ4n) is 1.50. The van der Waals surface area contributed by atoms with Crippen molar-refractivity contribution in [1.29, 1.82) is 0 Å². The first-order valence-corrected chi connectivity index (χ1v) is 3.29. The number of carbonyl (C=O) groups excluding carboxylic acids is 1. The topological polar surface area (TPSA) is 72.6 Å². The van der Waals surface area contributed by atoms with Crippen LogP contribution in [-0.4, -0.2) is 29.3 Å². The number of carbonyl (C=O) groups is 1. The lowest BCUT2D eigenvalue weighted by atomic mass is 10.2. The minimum absolute atomic E-state index is 0.0741. The van der Waals surface area contributed by atoms with Crippen molar-refractivity contribution in [2.45, 2.75) is 18.1 Å². The summed E-state index contributed by atoms with van der Waals surface area (Å²) in [6.07, 6.45) is 0.342. The highest BCUT2D eigenvalue weighted by Gasteiger charge is 2.67. The zero-order chi connectivity index (χ0) is 7.35. The van der Waals surface area contributed by atoms with Gasteiger partial charge in [-0.25, -0.2) is 0 Å². The molecule has 1 aliphatic carbocycles. The maximum Gasteiger partial charge on any atom is 0.326 e. The Morgan fingerprint density at radius 1 is 1.90 bits per heavy atom. The molecule has 0 bridgehead atoms. The summed E-state index contributed by atoms with van der Waals surface area (Å²) in [5, 5.41) is 8.66. The molecular weight excluding hydrogens is 134 g/mol. The lowest BCUT2D eigenvalue weighted by Gasteiger charge is -2.06. The second-order valence-corrected chi connectivity index (χ2v) is 2.98. The summed E-state index contributed by atoms with van der Waals surface area (Å²) < 4.78 is 4.76. The number of ether oxygens (including phenoxy) is 1. The summed E-state index contributed by atoms with van der Waals surface area (Å²) in [7, 11) is 0. The van der Waals surface area contributed by atoms with Crippen LogP contribution in [0.4, 0.5) is 0 Å². The highest BCUT2D eigenvalue weighted by molar-refractivity contribution is 5.87. The number of hydrogen-bond acceptors (Lipinski definition) is 4. The molecule has 56 valence electrons. The van der Waals surface area contributed by atoms with Crippen molar-refractivity contribution in [2.75, 3.05) is 6.61 Å². The monoisotopic (exact) mass is 143 g/mol. The number of cyclic esters (lactones) is 1. The van der Waals surface area contributed by atoms with Gasteiger partial charge in [0.05, 0.1) is 6.61 Å². The average Bonchev–Trinajstić information content (AvgIpc) is 2.52. The molecule has 1 aliphatic heterocycles. The van der Waals surface area contributed by atoms with Crippen LogP contribution in [0, 0.1) is 5.92 Å². The van der Waals surface area contributed by atoms with Crippen LogP contribution in [-0.2, 0) is 9.53 Å². The lowest BCUT2D eigenvalue weighted by Crippen LogP contribution is -2.31. The van der Waals surface area contributed by atoms with E-state index in [1.807, 2.05) is 0 Å². The second kappa shape index (κ2) is 1.52.